The van der Waals surface area contributed by atoms with Crippen molar-refractivity contribution in [3.8, 4) is 11.3 Å². The van der Waals surface area contributed by atoms with Gasteiger partial charge in [-0.25, -0.2) is 0 Å². The van der Waals surface area contributed by atoms with Crippen LogP contribution in [0.3, 0.4) is 0 Å². The second kappa shape index (κ2) is 5.70. The van der Waals surface area contributed by atoms with Crippen molar-refractivity contribution in [1.82, 2.24) is 9.97 Å². The van der Waals surface area contributed by atoms with Crippen LogP contribution in [0.4, 0.5) is 5.69 Å². The normalized spacial score (nSPS) is 10.7. The number of fused-ring (bicyclic) bond motifs is 1. The zero-order valence-electron chi connectivity index (χ0n) is 11.5. The Morgan fingerprint density at radius 2 is 2.05 bits per heavy atom. The second-order valence-corrected chi connectivity index (χ2v) is 4.76. The van der Waals surface area contributed by atoms with E-state index in [1.54, 1.807) is 0 Å². The summed E-state index contributed by atoms with van der Waals surface area (Å²) in [6.07, 6.45) is 6.67. The summed E-state index contributed by atoms with van der Waals surface area (Å²) in [6.45, 7) is 3.13. The Hall–Kier alpha value is -2.42. The number of benzene rings is 1. The minimum absolute atomic E-state index is 0.975. The van der Waals surface area contributed by atoms with Crippen molar-refractivity contribution in [2.24, 2.45) is 0 Å². The van der Waals surface area contributed by atoms with Gasteiger partial charge in [-0.15, -0.1) is 0 Å². The van der Waals surface area contributed by atoms with Crippen LogP contribution in [0.25, 0.3) is 22.0 Å². The molecule has 0 bridgehead atoms. The molecule has 0 fully saturated rings. The summed E-state index contributed by atoms with van der Waals surface area (Å²) in [6, 6.07) is 12.4. The van der Waals surface area contributed by atoms with Crippen molar-refractivity contribution < 1.29 is 0 Å². The van der Waals surface area contributed by atoms with Gasteiger partial charge in [0.25, 0.3) is 0 Å². The lowest BCUT2D eigenvalue weighted by atomic mass is 10.0. The van der Waals surface area contributed by atoms with Gasteiger partial charge in [0.15, 0.2) is 0 Å². The Morgan fingerprint density at radius 3 is 2.95 bits per heavy atom. The van der Waals surface area contributed by atoms with E-state index < -0.39 is 0 Å². The van der Waals surface area contributed by atoms with E-state index in [1.807, 2.05) is 36.8 Å². The van der Waals surface area contributed by atoms with Gasteiger partial charge in [0.2, 0.25) is 0 Å². The number of rotatable bonds is 4. The van der Waals surface area contributed by atoms with Gasteiger partial charge >= 0.3 is 0 Å². The summed E-state index contributed by atoms with van der Waals surface area (Å²) in [5.41, 5.74) is 3.25. The van der Waals surface area contributed by atoms with Crippen LogP contribution in [0.5, 0.6) is 0 Å². The van der Waals surface area contributed by atoms with Crippen molar-refractivity contribution >= 4 is 16.5 Å². The first kappa shape index (κ1) is 12.6. The number of pyridine rings is 2. The SMILES string of the molecule is CCCNc1ccnc(-c2cccc3cnccc23)c1. The van der Waals surface area contributed by atoms with E-state index in [1.165, 1.54) is 5.39 Å². The molecule has 0 spiro atoms. The zero-order chi connectivity index (χ0) is 13.8. The van der Waals surface area contributed by atoms with E-state index in [9.17, 15) is 0 Å². The maximum Gasteiger partial charge on any atom is 0.0728 e. The van der Waals surface area contributed by atoms with Crippen molar-refractivity contribution in [2.45, 2.75) is 13.3 Å². The summed E-state index contributed by atoms with van der Waals surface area (Å²) < 4.78 is 0. The summed E-state index contributed by atoms with van der Waals surface area (Å²) in [5, 5.41) is 5.72. The van der Waals surface area contributed by atoms with Gasteiger partial charge in [0.1, 0.15) is 0 Å². The Balaban J connectivity index is 2.06. The molecule has 0 radical (unpaired) electrons. The molecule has 3 heteroatoms. The first-order chi connectivity index (χ1) is 9.88. The van der Waals surface area contributed by atoms with Gasteiger partial charge in [-0.3, -0.25) is 9.97 Å². The smallest absolute Gasteiger partial charge is 0.0728 e. The molecule has 3 nitrogen and oxygen atoms in total. The standard InChI is InChI=1S/C17H17N3/c1-2-8-19-14-6-10-20-17(11-14)16-5-3-4-13-12-18-9-7-15(13)16/h3-7,9-12H,2,8H2,1H3,(H,19,20). The predicted octanol–water partition coefficient (Wildman–Crippen LogP) is 4.12. The molecule has 0 unspecified atom stereocenters. The quantitative estimate of drug-likeness (QED) is 0.769. The molecule has 0 amide bonds. The molecule has 20 heavy (non-hydrogen) atoms. The van der Waals surface area contributed by atoms with Crippen molar-refractivity contribution in [1.29, 1.82) is 0 Å². The van der Waals surface area contributed by atoms with E-state index in [4.69, 9.17) is 0 Å². The van der Waals surface area contributed by atoms with E-state index in [2.05, 4.69) is 40.4 Å². The lowest BCUT2D eigenvalue weighted by Gasteiger charge is -2.09. The molecule has 0 saturated carbocycles. The molecular weight excluding hydrogens is 246 g/mol. The summed E-state index contributed by atoms with van der Waals surface area (Å²) in [7, 11) is 0. The highest BCUT2D eigenvalue weighted by molar-refractivity contribution is 5.95. The molecule has 2 aromatic heterocycles. The van der Waals surface area contributed by atoms with E-state index >= 15 is 0 Å². The fourth-order valence-electron chi connectivity index (χ4n) is 2.30. The second-order valence-electron chi connectivity index (χ2n) is 4.76. The average Bonchev–Trinajstić information content (AvgIpc) is 2.52. The highest BCUT2D eigenvalue weighted by Gasteiger charge is 2.05. The molecule has 3 rings (SSSR count). The molecule has 100 valence electrons. The van der Waals surface area contributed by atoms with Gasteiger partial charge in [-0.1, -0.05) is 25.1 Å². The van der Waals surface area contributed by atoms with Crippen LogP contribution in [0, 0.1) is 0 Å². The largest absolute Gasteiger partial charge is 0.385 e. The molecule has 3 aromatic rings. The topological polar surface area (TPSA) is 37.8 Å². The summed E-state index contributed by atoms with van der Waals surface area (Å²) in [4.78, 5) is 8.68. The minimum Gasteiger partial charge on any atom is -0.385 e. The Bertz CT molecular complexity index is 717. The Kier molecular flexibility index (Phi) is 3.59. The fourth-order valence-corrected chi connectivity index (χ4v) is 2.30. The van der Waals surface area contributed by atoms with Gasteiger partial charge < -0.3 is 5.32 Å². The van der Waals surface area contributed by atoms with Crippen LogP contribution in [-0.2, 0) is 0 Å². The highest BCUT2D eigenvalue weighted by atomic mass is 14.9. The third-order valence-electron chi connectivity index (χ3n) is 3.30. The Morgan fingerprint density at radius 1 is 1.10 bits per heavy atom. The van der Waals surface area contributed by atoms with Gasteiger partial charge in [0.05, 0.1) is 5.69 Å². The zero-order valence-corrected chi connectivity index (χ0v) is 11.5. The molecule has 1 aromatic carbocycles. The third kappa shape index (κ3) is 2.48. The van der Waals surface area contributed by atoms with Crippen LogP contribution < -0.4 is 5.32 Å². The van der Waals surface area contributed by atoms with Crippen molar-refractivity contribution in [2.75, 3.05) is 11.9 Å². The van der Waals surface area contributed by atoms with Crippen molar-refractivity contribution in [3.63, 3.8) is 0 Å². The number of hydrogen-bond donors (Lipinski definition) is 1. The van der Waals surface area contributed by atoms with Gasteiger partial charge in [-0.2, -0.15) is 0 Å². The fraction of sp³-hybridized carbons (Fsp3) is 0.176. The molecule has 1 N–H and O–H groups in total. The number of aromatic nitrogens is 2. The maximum atomic E-state index is 4.51. The van der Waals surface area contributed by atoms with Crippen LogP contribution in [0.1, 0.15) is 13.3 Å². The molecule has 0 atom stereocenters. The van der Waals surface area contributed by atoms with Crippen LogP contribution >= 0.6 is 0 Å². The maximum absolute atomic E-state index is 4.51. The van der Waals surface area contributed by atoms with E-state index in [0.29, 0.717) is 0 Å². The molecule has 0 saturated heterocycles. The van der Waals surface area contributed by atoms with Gasteiger partial charge in [0, 0.05) is 41.8 Å². The number of hydrogen-bond acceptors (Lipinski definition) is 3. The first-order valence-corrected chi connectivity index (χ1v) is 6.91. The number of nitrogens with one attached hydrogen (secondary N) is 1. The first-order valence-electron chi connectivity index (χ1n) is 6.91. The summed E-state index contributed by atoms with van der Waals surface area (Å²) >= 11 is 0. The molecular formula is C17H17N3. The number of anilines is 1. The third-order valence-corrected chi connectivity index (χ3v) is 3.30. The summed E-state index contributed by atoms with van der Waals surface area (Å²) in [5.74, 6) is 0. The van der Waals surface area contributed by atoms with E-state index in [-0.39, 0.29) is 0 Å². The van der Waals surface area contributed by atoms with Crippen molar-refractivity contribution in [3.05, 3.63) is 55.0 Å². The van der Waals surface area contributed by atoms with Gasteiger partial charge in [-0.05, 0) is 30.0 Å². The van der Waals surface area contributed by atoms with Crippen LogP contribution in [0.2, 0.25) is 0 Å². The van der Waals surface area contributed by atoms with E-state index in [0.717, 1.165) is 35.3 Å². The minimum atomic E-state index is 0.975. The molecule has 0 aliphatic heterocycles. The lowest BCUT2D eigenvalue weighted by molar-refractivity contribution is 0.979. The monoisotopic (exact) mass is 263 g/mol. The Labute approximate surface area is 118 Å². The average molecular weight is 263 g/mol. The molecule has 0 aliphatic rings. The number of nitrogens with zero attached hydrogens (tertiary/aromatic N) is 2. The highest BCUT2D eigenvalue weighted by Crippen LogP contribution is 2.27. The lowest BCUT2D eigenvalue weighted by Crippen LogP contribution is -2.00. The predicted molar refractivity (Wildman–Crippen MR) is 83.8 cm³/mol. The molecule has 2 heterocycles. The van der Waals surface area contributed by atoms with Crippen LogP contribution in [-0.4, -0.2) is 16.5 Å². The van der Waals surface area contributed by atoms with Crippen LogP contribution in [0.15, 0.2) is 55.0 Å². The molecule has 0 aliphatic carbocycles.